The molecule has 71 heavy (non-hydrogen) atoms. The van der Waals surface area contributed by atoms with Crippen molar-refractivity contribution >= 4 is 291 Å². The molecule has 306 valence electrons. The number of aliphatic hydroxyl groups excluding tert-OH is 1. The van der Waals surface area contributed by atoms with E-state index >= 15 is 0 Å². The zero-order valence-electron chi connectivity index (χ0n) is 38.0. The zero-order valence-corrected chi connectivity index (χ0v) is 38.0. The fourth-order valence-corrected chi connectivity index (χ4v) is 27.2. The van der Waals surface area contributed by atoms with Gasteiger partial charge < -0.3 is 5.11 Å². The summed E-state index contributed by atoms with van der Waals surface area (Å²) >= 11 is 0. The monoisotopic (exact) mass is 876 g/mol. The summed E-state index contributed by atoms with van der Waals surface area (Å²) in [6.07, 6.45) is 0.483. The van der Waals surface area contributed by atoms with Crippen LogP contribution in [0.4, 0.5) is 0 Å². The SMILES string of the molecule is CC(C)[C@@H]1C[C@H](O)[C@H](C(C)C)C23c4c5c6c7c8c9c(c%10c%11c2c2c4c4c%12c5c5c6c6c8c8c%13c9c9c%10c%10c%11c%11c2c2c4c4c%12c%12c5c5c6c8c6c8c%13c9c9c%10c%10c%11c2c2c4c4c%12c5c6c5c8c9c%10c2c45)C713. The minimum absolute atomic E-state index is 0.0771. The molecule has 0 unspecified atom stereocenters. The predicted molar refractivity (Wildman–Crippen MR) is 301 cm³/mol. The molecule has 1 fully saturated rings. The van der Waals surface area contributed by atoms with Crippen LogP contribution < -0.4 is 0 Å². The molecule has 1 heteroatoms. The molecule has 5 aliphatic rings. The molecule has 0 aromatic heterocycles. The van der Waals surface area contributed by atoms with Gasteiger partial charge in [-0.2, -0.15) is 0 Å². The Morgan fingerprint density at radius 2 is 0.394 bits per heavy atom. The van der Waals surface area contributed by atoms with E-state index in [0.29, 0.717) is 11.8 Å². The van der Waals surface area contributed by atoms with Crippen LogP contribution in [0.3, 0.4) is 0 Å². The first-order valence-corrected chi connectivity index (χ1v) is 27.5. The highest BCUT2D eigenvalue weighted by Crippen LogP contribution is 2.87. The quantitative estimate of drug-likeness (QED) is 0.172. The van der Waals surface area contributed by atoms with Crippen molar-refractivity contribution in [2.75, 3.05) is 0 Å². The van der Waals surface area contributed by atoms with Crippen LogP contribution in [-0.2, 0) is 10.8 Å². The molecule has 1 nitrogen and oxygen atoms in total. The fraction of sp³-hybridized carbons (Fsp3) is 0.171. The van der Waals surface area contributed by atoms with Crippen molar-refractivity contribution in [3.63, 3.8) is 0 Å². The van der Waals surface area contributed by atoms with Gasteiger partial charge in [-0.15, -0.1) is 0 Å². The van der Waals surface area contributed by atoms with Crippen LogP contribution in [0.25, 0.3) is 291 Å². The molecule has 2 spiro atoms. The summed E-state index contributed by atoms with van der Waals surface area (Å²) in [4.78, 5) is 0. The Morgan fingerprint density at radius 3 is 0.549 bits per heavy atom. The maximum absolute atomic E-state index is 13.8. The summed E-state index contributed by atoms with van der Waals surface area (Å²) in [5.74, 6) is 1.04. The standard InChI is InChI=1S/C70H20O/c1-6(2)8-5-9(71)64(7(3)4)70-67-60-54-44-36-26-18-14-11-10-12-16(18)24-32(26)46(54)52-42-34(24)28-20(12)21-13(10)17-19-15(11)23-22(14)30(36)40-41-31(23)37-27(19)33-25(17)35-29(21)39-38(28)48(42)56-57-49(39)43(35)53-47(33)55-45(37)51(41)63(62(67)50(40)44)68(70)61(55)59(53)66(57)69(8,70)65(56)58(52)60/h6-9,64,71H,5H2,1-4H3/t8-,9-,64-,69?,70?/m0/s1. The fourth-order valence-electron chi connectivity index (χ4n) is 27.2. The van der Waals surface area contributed by atoms with Gasteiger partial charge in [-0.25, -0.2) is 0 Å². The Bertz CT molecular complexity index is 6990. The van der Waals surface area contributed by atoms with Gasteiger partial charge in [0.05, 0.1) is 6.10 Å². The van der Waals surface area contributed by atoms with E-state index in [2.05, 4.69) is 27.7 Å². The van der Waals surface area contributed by atoms with Crippen molar-refractivity contribution < 1.29 is 5.11 Å². The predicted octanol–water partition coefficient (Wildman–Crippen LogP) is 18.6. The Labute approximate surface area is 390 Å². The molecule has 33 rings (SSSR count). The van der Waals surface area contributed by atoms with Crippen molar-refractivity contribution in [3.05, 3.63) is 22.3 Å². The van der Waals surface area contributed by atoms with Gasteiger partial charge >= 0.3 is 0 Å². The maximum atomic E-state index is 13.8. The molecule has 0 heterocycles. The van der Waals surface area contributed by atoms with Gasteiger partial charge in [-0.05, 0) is 337 Å². The van der Waals surface area contributed by atoms with E-state index in [4.69, 9.17) is 0 Å². The molecule has 1 saturated carbocycles. The molecule has 0 aliphatic heterocycles. The van der Waals surface area contributed by atoms with Gasteiger partial charge in [0.1, 0.15) is 0 Å². The van der Waals surface area contributed by atoms with Crippen LogP contribution in [-0.4, -0.2) is 11.2 Å². The summed E-state index contributed by atoms with van der Waals surface area (Å²) < 4.78 is 0. The second kappa shape index (κ2) is 6.23. The van der Waals surface area contributed by atoms with E-state index < -0.39 is 11.5 Å². The third-order valence-corrected chi connectivity index (χ3v) is 26.9. The Balaban J connectivity index is 1.21. The summed E-state index contributed by atoms with van der Waals surface area (Å²) in [6, 6.07) is 0. The average molecular weight is 877 g/mol. The summed E-state index contributed by atoms with van der Waals surface area (Å²) in [6.45, 7) is 10.3. The van der Waals surface area contributed by atoms with Gasteiger partial charge in [-0.1, -0.05) is 27.7 Å². The lowest BCUT2D eigenvalue weighted by Crippen LogP contribution is -2.67. The van der Waals surface area contributed by atoms with E-state index in [1.54, 1.807) is 313 Å². The van der Waals surface area contributed by atoms with Gasteiger partial charge in [0, 0.05) is 16.7 Å². The molecule has 0 saturated heterocycles. The molecule has 1 N–H and O–H groups in total. The van der Waals surface area contributed by atoms with Crippen molar-refractivity contribution in [2.45, 2.75) is 51.0 Å². The Hall–Kier alpha value is -7.58. The van der Waals surface area contributed by atoms with Crippen LogP contribution in [0.2, 0.25) is 0 Å². The summed E-state index contributed by atoms with van der Waals surface area (Å²) in [5.41, 5.74) is 6.26. The van der Waals surface area contributed by atoms with E-state index in [9.17, 15) is 5.11 Å². The smallest absolute Gasteiger partial charge is 0.0586 e. The molecule has 0 bridgehead atoms. The normalized spacial score (nSPS) is 26.0. The molecule has 28 aromatic rings. The molecule has 28 aromatic carbocycles. The summed E-state index contributed by atoms with van der Waals surface area (Å²) in [7, 11) is 0. The van der Waals surface area contributed by atoms with E-state index in [0.717, 1.165) is 6.42 Å². The van der Waals surface area contributed by atoms with E-state index in [1.165, 1.54) is 0 Å². The highest BCUT2D eigenvalue weighted by molar-refractivity contribution is 6.82. The molecular formula is C70H20O. The number of benzene rings is 18. The van der Waals surface area contributed by atoms with E-state index in [1.807, 2.05) is 0 Å². The van der Waals surface area contributed by atoms with Crippen molar-refractivity contribution in [3.8, 4) is 0 Å². The van der Waals surface area contributed by atoms with Gasteiger partial charge in [0.15, 0.2) is 0 Å². The molecule has 0 amide bonds. The van der Waals surface area contributed by atoms with Crippen LogP contribution in [0, 0.1) is 23.7 Å². The lowest BCUT2D eigenvalue weighted by Gasteiger charge is -2.66. The van der Waals surface area contributed by atoms with Crippen LogP contribution in [0.15, 0.2) is 0 Å². The molecule has 3 atom stereocenters. The maximum Gasteiger partial charge on any atom is 0.0586 e. The number of hydrogen-bond donors (Lipinski definition) is 1. The Morgan fingerprint density at radius 1 is 0.239 bits per heavy atom. The van der Waals surface area contributed by atoms with Gasteiger partial charge in [0.25, 0.3) is 0 Å². The van der Waals surface area contributed by atoms with Gasteiger partial charge in [-0.3, -0.25) is 0 Å². The molecule has 0 radical (unpaired) electrons. The molecule has 5 aliphatic carbocycles. The van der Waals surface area contributed by atoms with Crippen LogP contribution in [0.5, 0.6) is 0 Å². The minimum Gasteiger partial charge on any atom is -0.393 e. The first-order chi connectivity index (χ1) is 35.0. The highest BCUT2D eigenvalue weighted by atomic mass is 16.3. The average Bonchev–Trinajstić information content (AvgIpc) is 4.23. The zero-order chi connectivity index (χ0) is 43.1. The minimum atomic E-state index is -0.404. The topological polar surface area (TPSA) is 20.2 Å². The van der Waals surface area contributed by atoms with Crippen LogP contribution >= 0.6 is 0 Å². The van der Waals surface area contributed by atoms with Crippen molar-refractivity contribution in [2.24, 2.45) is 23.7 Å². The Kier molecular flexibility index (Phi) is 2.43. The third-order valence-electron chi connectivity index (χ3n) is 26.9. The second-order valence-electron chi connectivity index (χ2n) is 27.8. The highest BCUT2D eigenvalue weighted by Gasteiger charge is 2.76. The first kappa shape index (κ1) is 27.7. The lowest BCUT2D eigenvalue weighted by atomic mass is 9.35. The number of rotatable bonds is 2. The van der Waals surface area contributed by atoms with Gasteiger partial charge in [0.2, 0.25) is 0 Å². The summed E-state index contributed by atoms with van der Waals surface area (Å²) in [5, 5.41) is 103. The van der Waals surface area contributed by atoms with E-state index in [-0.39, 0.29) is 17.3 Å². The largest absolute Gasteiger partial charge is 0.393 e. The van der Waals surface area contributed by atoms with Crippen molar-refractivity contribution in [1.29, 1.82) is 0 Å². The second-order valence-corrected chi connectivity index (χ2v) is 27.8. The van der Waals surface area contributed by atoms with Crippen molar-refractivity contribution in [1.82, 2.24) is 0 Å². The number of hydrogen-bond acceptors (Lipinski definition) is 1. The molecular weight excluding hydrogens is 857 g/mol. The third kappa shape index (κ3) is 1.47. The lowest BCUT2D eigenvalue weighted by molar-refractivity contribution is -0.0686. The number of aliphatic hydroxyl groups is 1. The van der Waals surface area contributed by atoms with Crippen LogP contribution in [0.1, 0.15) is 56.4 Å². The first-order valence-electron chi connectivity index (χ1n) is 27.5.